The van der Waals surface area contributed by atoms with Crippen molar-refractivity contribution >= 4 is 23.3 Å². The van der Waals surface area contributed by atoms with Crippen LogP contribution in [0.4, 0.5) is 5.69 Å². The highest BCUT2D eigenvalue weighted by molar-refractivity contribution is 6.01. The van der Waals surface area contributed by atoms with Crippen molar-refractivity contribution in [3.05, 3.63) is 64.7 Å². The lowest BCUT2D eigenvalue weighted by molar-refractivity contribution is -0.147. The minimum atomic E-state index is -0.553. The van der Waals surface area contributed by atoms with Gasteiger partial charge >= 0.3 is 5.97 Å². The Bertz CT molecular complexity index is 886. The first-order valence-corrected chi connectivity index (χ1v) is 9.00. The summed E-state index contributed by atoms with van der Waals surface area (Å²) in [7, 11) is 0. The number of hydrogen-bond donors (Lipinski definition) is 0. The van der Waals surface area contributed by atoms with E-state index in [0.29, 0.717) is 5.56 Å². The van der Waals surface area contributed by atoms with Gasteiger partial charge in [0.2, 0.25) is 5.91 Å². The van der Waals surface area contributed by atoms with Gasteiger partial charge in [-0.15, -0.1) is 0 Å². The van der Waals surface area contributed by atoms with Crippen molar-refractivity contribution in [3.63, 3.8) is 0 Å². The fraction of sp³-hybridized carbons (Fsp3) is 0.318. The second-order valence-electron chi connectivity index (χ2n) is 7.02. The Hall–Kier alpha value is -2.95. The van der Waals surface area contributed by atoms with Crippen LogP contribution >= 0.6 is 0 Å². The molecule has 1 fully saturated rings. The van der Waals surface area contributed by atoms with Crippen LogP contribution in [0.5, 0.6) is 0 Å². The molecule has 1 amide bonds. The van der Waals surface area contributed by atoms with E-state index in [2.05, 4.69) is 0 Å². The number of benzene rings is 2. The molecule has 0 radical (unpaired) electrons. The van der Waals surface area contributed by atoms with Gasteiger partial charge in [-0.3, -0.25) is 14.4 Å². The molecule has 2 aromatic carbocycles. The van der Waals surface area contributed by atoms with Crippen molar-refractivity contribution in [3.8, 4) is 0 Å². The van der Waals surface area contributed by atoms with Crippen molar-refractivity contribution in [1.29, 1.82) is 0 Å². The number of esters is 1. The molecule has 5 heteroatoms. The normalized spacial score (nSPS) is 16.5. The summed E-state index contributed by atoms with van der Waals surface area (Å²) in [5.41, 5.74) is 4.50. The van der Waals surface area contributed by atoms with Gasteiger partial charge in [0.1, 0.15) is 0 Å². The lowest BCUT2D eigenvalue weighted by Crippen LogP contribution is -2.27. The molecule has 5 nitrogen and oxygen atoms in total. The van der Waals surface area contributed by atoms with E-state index in [1.54, 1.807) is 17.0 Å². The zero-order valence-corrected chi connectivity index (χ0v) is 15.8. The maximum Gasteiger partial charge on any atom is 0.311 e. The van der Waals surface area contributed by atoms with E-state index in [4.69, 9.17) is 4.74 Å². The molecule has 0 spiro atoms. The number of aryl methyl sites for hydroxylation is 2. The Labute approximate surface area is 158 Å². The highest BCUT2D eigenvalue weighted by atomic mass is 16.5. The molecule has 3 rings (SSSR count). The van der Waals surface area contributed by atoms with Gasteiger partial charge in [-0.05, 0) is 38.0 Å². The van der Waals surface area contributed by atoms with Crippen molar-refractivity contribution < 1.29 is 19.1 Å². The average molecular weight is 365 g/mol. The summed E-state index contributed by atoms with van der Waals surface area (Å²) >= 11 is 0. The Balaban J connectivity index is 1.61. The standard InChI is InChI=1S/C22H23NO4/c1-14-7-9-17(10-8-14)20(24)13-27-22(26)18-11-21(25)23(12-18)19-6-4-5-15(2)16(19)3/h4-10,18H,11-13H2,1-3H3/t18-/m1/s1. The maximum absolute atomic E-state index is 12.4. The van der Waals surface area contributed by atoms with E-state index in [1.165, 1.54) is 0 Å². The molecule has 1 atom stereocenters. The third-order valence-corrected chi connectivity index (χ3v) is 5.04. The summed E-state index contributed by atoms with van der Waals surface area (Å²) in [5.74, 6) is -1.41. The average Bonchev–Trinajstić information content (AvgIpc) is 3.04. The van der Waals surface area contributed by atoms with Crippen LogP contribution in [-0.2, 0) is 14.3 Å². The summed E-state index contributed by atoms with van der Waals surface area (Å²) in [6, 6.07) is 12.9. The van der Waals surface area contributed by atoms with Crippen LogP contribution in [0.1, 0.15) is 33.5 Å². The molecule has 0 aromatic heterocycles. The number of nitrogens with zero attached hydrogens (tertiary/aromatic N) is 1. The molecule has 1 saturated heterocycles. The largest absolute Gasteiger partial charge is 0.457 e. The fourth-order valence-corrected chi connectivity index (χ4v) is 3.20. The van der Waals surface area contributed by atoms with Crippen LogP contribution < -0.4 is 4.90 Å². The van der Waals surface area contributed by atoms with Crippen molar-refractivity contribution in [2.75, 3.05) is 18.1 Å². The SMILES string of the molecule is Cc1ccc(C(=O)COC(=O)[C@@H]2CC(=O)N(c3cccc(C)c3C)C2)cc1. The molecule has 2 aromatic rings. The first-order chi connectivity index (χ1) is 12.9. The molecule has 1 aliphatic heterocycles. The van der Waals surface area contributed by atoms with Crippen LogP contribution in [0.2, 0.25) is 0 Å². The van der Waals surface area contributed by atoms with Crippen LogP contribution in [0.25, 0.3) is 0 Å². The molecule has 140 valence electrons. The van der Waals surface area contributed by atoms with Gasteiger partial charge in [0.15, 0.2) is 12.4 Å². The number of carbonyl (C=O) groups is 3. The fourth-order valence-electron chi connectivity index (χ4n) is 3.20. The van der Waals surface area contributed by atoms with Crippen LogP contribution in [-0.4, -0.2) is 30.8 Å². The van der Waals surface area contributed by atoms with Gasteiger partial charge in [-0.1, -0.05) is 42.0 Å². The van der Waals surface area contributed by atoms with Gasteiger partial charge in [0.25, 0.3) is 0 Å². The van der Waals surface area contributed by atoms with Crippen LogP contribution in [0, 0.1) is 26.7 Å². The quantitative estimate of drug-likeness (QED) is 0.602. The molecular weight excluding hydrogens is 342 g/mol. The highest BCUT2D eigenvalue weighted by Crippen LogP contribution is 2.29. The van der Waals surface area contributed by atoms with E-state index in [-0.39, 0.29) is 31.3 Å². The molecule has 0 N–H and O–H groups in total. The van der Waals surface area contributed by atoms with E-state index < -0.39 is 11.9 Å². The van der Waals surface area contributed by atoms with Crippen molar-refractivity contribution in [2.45, 2.75) is 27.2 Å². The predicted molar refractivity (Wildman–Crippen MR) is 103 cm³/mol. The number of anilines is 1. The lowest BCUT2D eigenvalue weighted by Gasteiger charge is -2.20. The number of ketones is 1. The second kappa shape index (κ2) is 7.74. The number of hydrogen-bond acceptors (Lipinski definition) is 4. The van der Waals surface area contributed by atoms with Gasteiger partial charge in [-0.2, -0.15) is 0 Å². The maximum atomic E-state index is 12.4. The molecule has 0 aliphatic carbocycles. The molecular formula is C22H23NO4. The summed E-state index contributed by atoms with van der Waals surface area (Å²) in [4.78, 5) is 38.5. The Morgan fingerprint density at radius 1 is 1.07 bits per heavy atom. The van der Waals surface area contributed by atoms with Gasteiger partial charge in [0, 0.05) is 24.2 Å². The molecule has 0 bridgehead atoms. The predicted octanol–water partition coefficient (Wildman–Crippen LogP) is 3.39. The van der Waals surface area contributed by atoms with Gasteiger partial charge < -0.3 is 9.64 Å². The number of rotatable bonds is 5. The monoisotopic (exact) mass is 365 g/mol. The third kappa shape index (κ3) is 4.08. The molecule has 27 heavy (non-hydrogen) atoms. The lowest BCUT2D eigenvalue weighted by atomic mass is 10.1. The smallest absolute Gasteiger partial charge is 0.311 e. The molecule has 1 aliphatic rings. The number of ether oxygens (including phenoxy) is 1. The van der Waals surface area contributed by atoms with Crippen molar-refractivity contribution in [1.82, 2.24) is 0 Å². The highest BCUT2D eigenvalue weighted by Gasteiger charge is 2.37. The third-order valence-electron chi connectivity index (χ3n) is 5.04. The van der Waals surface area contributed by atoms with E-state index in [9.17, 15) is 14.4 Å². The molecule has 0 saturated carbocycles. The Morgan fingerprint density at radius 3 is 2.48 bits per heavy atom. The topological polar surface area (TPSA) is 63.7 Å². The first kappa shape index (κ1) is 18.8. The van der Waals surface area contributed by atoms with Gasteiger partial charge in [-0.25, -0.2) is 0 Å². The minimum absolute atomic E-state index is 0.101. The first-order valence-electron chi connectivity index (χ1n) is 9.00. The summed E-state index contributed by atoms with van der Waals surface area (Å²) in [5, 5.41) is 0. The summed E-state index contributed by atoms with van der Waals surface area (Å²) in [6.07, 6.45) is 0.102. The van der Waals surface area contributed by atoms with E-state index in [0.717, 1.165) is 22.4 Å². The van der Waals surface area contributed by atoms with E-state index in [1.807, 2.05) is 51.1 Å². The number of amides is 1. The van der Waals surface area contributed by atoms with Gasteiger partial charge in [0.05, 0.1) is 5.92 Å². The zero-order valence-electron chi connectivity index (χ0n) is 15.8. The summed E-state index contributed by atoms with van der Waals surface area (Å²) in [6.45, 7) is 5.86. The second-order valence-corrected chi connectivity index (χ2v) is 7.02. The van der Waals surface area contributed by atoms with Crippen LogP contribution in [0.15, 0.2) is 42.5 Å². The molecule has 1 heterocycles. The number of Topliss-reactive ketones (excluding diaryl/α,β-unsaturated/α-hetero) is 1. The Kier molecular flexibility index (Phi) is 5.40. The zero-order chi connectivity index (χ0) is 19.6. The number of carbonyl (C=O) groups excluding carboxylic acids is 3. The summed E-state index contributed by atoms with van der Waals surface area (Å²) < 4.78 is 5.19. The minimum Gasteiger partial charge on any atom is -0.457 e. The Morgan fingerprint density at radius 2 is 1.78 bits per heavy atom. The van der Waals surface area contributed by atoms with E-state index >= 15 is 0 Å². The molecule has 0 unspecified atom stereocenters. The van der Waals surface area contributed by atoms with Crippen molar-refractivity contribution in [2.24, 2.45) is 5.92 Å². The van der Waals surface area contributed by atoms with Crippen LogP contribution in [0.3, 0.4) is 0 Å².